The zero-order chi connectivity index (χ0) is 42.9. The number of benzene rings is 4. The maximum absolute atomic E-state index is 12.6. The van der Waals surface area contributed by atoms with Crippen LogP contribution in [-0.2, 0) is 26.7 Å². The molecule has 0 aliphatic rings. The zero-order valence-electron chi connectivity index (χ0n) is 34.2. The van der Waals surface area contributed by atoms with Crippen molar-refractivity contribution in [1.29, 1.82) is 0 Å². The van der Waals surface area contributed by atoms with Gasteiger partial charge in [-0.1, -0.05) is 66.7 Å². The van der Waals surface area contributed by atoms with Crippen LogP contribution in [0.15, 0.2) is 107 Å². The molecule has 0 aliphatic heterocycles. The molecule has 0 atom stereocenters. The summed E-state index contributed by atoms with van der Waals surface area (Å²) in [6, 6.07) is 26.1. The second-order valence-electron chi connectivity index (χ2n) is 13.1. The van der Waals surface area contributed by atoms with Gasteiger partial charge in [-0.3, -0.25) is 0 Å². The molecule has 0 fully saturated rings. The van der Waals surface area contributed by atoms with Crippen LogP contribution in [0.4, 0.5) is 46.8 Å². The molecular formula is C39H39N11Na2O8S2. The molecule has 0 amide bonds. The molecular weight excluding hydrogens is 861 g/mol. The molecule has 312 valence electrons. The number of hydrogen-bond donors (Lipinski definition) is 5. The average molecular weight is 900 g/mol. The first-order valence-corrected chi connectivity index (χ1v) is 20.9. The van der Waals surface area contributed by atoms with E-state index in [4.69, 9.17) is 0 Å². The van der Waals surface area contributed by atoms with Gasteiger partial charge >= 0.3 is 59.1 Å². The van der Waals surface area contributed by atoms with Crippen LogP contribution in [0.3, 0.4) is 0 Å². The molecule has 0 saturated heterocycles. The van der Waals surface area contributed by atoms with Crippen LogP contribution in [0.5, 0.6) is 0 Å². The number of likely N-dealkylation sites (N-methyl/N-ethyl adjacent to an activating group) is 2. The number of rotatable bonds is 18. The second-order valence-corrected chi connectivity index (χ2v) is 15.8. The molecule has 5 N–H and O–H groups in total. The second kappa shape index (κ2) is 22.6. The molecule has 23 heteroatoms. The molecule has 2 aromatic heterocycles. The van der Waals surface area contributed by atoms with Gasteiger partial charge in [0.15, 0.2) is 0 Å². The van der Waals surface area contributed by atoms with Gasteiger partial charge in [-0.05, 0) is 59.2 Å². The van der Waals surface area contributed by atoms with Crippen molar-refractivity contribution in [3.05, 3.63) is 120 Å². The summed E-state index contributed by atoms with van der Waals surface area (Å²) in [6.45, 7) is 0.0742. The maximum atomic E-state index is 12.6. The summed E-state index contributed by atoms with van der Waals surface area (Å²) in [7, 11) is -6.85. The number of anilines is 8. The van der Waals surface area contributed by atoms with Crippen molar-refractivity contribution in [2.45, 2.75) is 16.2 Å². The molecule has 0 radical (unpaired) electrons. The Bertz CT molecular complexity index is 2520. The summed E-state index contributed by atoms with van der Waals surface area (Å²) in [4.78, 5) is 28.5. The minimum absolute atomic E-state index is 0. The third kappa shape index (κ3) is 13.9. The predicted octanol–water partition coefficient (Wildman–Crippen LogP) is -2.28. The third-order valence-electron chi connectivity index (χ3n) is 8.60. The Hall–Kier alpha value is -4.62. The summed E-state index contributed by atoms with van der Waals surface area (Å²) >= 11 is 0. The van der Waals surface area contributed by atoms with E-state index in [9.17, 15) is 36.2 Å². The van der Waals surface area contributed by atoms with Gasteiger partial charge in [0.1, 0.15) is 26.1 Å². The van der Waals surface area contributed by atoms with E-state index >= 15 is 0 Å². The van der Waals surface area contributed by atoms with Crippen molar-refractivity contribution in [3.8, 4) is 0 Å². The van der Waals surface area contributed by atoms with E-state index < -0.39 is 30.0 Å². The van der Waals surface area contributed by atoms with Gasteiger partial charge in [0.05, 0.1) is 23.0 Å². The summed E-state index contributed by atoms with van der Waals surface area (Å²) in [6.07, 6.45) is 2.41. The summed E-state index contributed by atoms with van der Waals surface area (Å²) in [5.74, 6) is 0.969. The van der Waals surface area contributed by atoms with Crippen LogP contribution in [0, 0.1) is 0 Å². The monoisotopic (exact) mass is 899 g/mol. The minimum Gasteiger partial charge on any atom is -0.744 e. The van der Waals surface area contributed by atoms with Crippen LogP contribution < -0.4 is 84.9 Å². The molecule has 0 bridgehead atoms. The van der Waals surface area contributed by atoms with Gasteiger partial charge in [0.2, 0.25) is 29.7 Å². The molecule has 6 aromatic rings. The van der Waals surface area contributed by atoms with Crippen LogP contribution in [0.1, 0.15) is 22.5 Å². The first-order chi connectivity index (χ1) is 28.7. The number of para-hydroxylation sites is 2. The molecule has 19 nitrogen and oxygen atoms in total. The predicted molar refractivity (Wildman–Crippen MR) is 224 cm³/mol. The van der Waals surface area contributed by atoms with E-state index in [2.05, 4.69) is 45.9 Å². The van der Waals surface area contributed by atoms with Crippen molar-refractivity contribution < 1.29 is 95.3 Å². The SMILES string of the molecule is CN(CCO)c1nc(Cc2ccc(/C=C/c3ccc(Nc4nc(Nc5ccccc5)nc(N(C)CCO)n4)cc3S(=O)(=O)[O-])c(S(=O)(=O)[O-])c2)nc(Nc2ccccc2)n1.[Na+].[Na+]. The molecule has 0 aliphatic carbocycles. The third-order valence-corrected chi connectivity index (χ3v) is 10.4. The fourth-order valence-electron chi connectivity index (χ4n) is 5.66. The van der Waals surface area contributed by atoms with Gasteiger partial charge in [0.25, 0.3) is 0 Å². The summed E-state index contributed by atoms with van der Waals surface area (Å²) < 4.78 is 75.3. The fourth-order valence-corrected chi connectivity index (χ4v) is 7.08. The zero-order valence-corrected chi connectivity index (χ0v) is 39.8. The van der Waals surface area contributed by atoms with E-state index in [0.29, 0.717) is 16.9 Å². The fraction of sp³-hybridized carbons (Fsp3) is 0.179. The quantitative estimate of drug-likeness (QED) is 0.0345. The number of aliphatic hydroxyl groups excluding tert-OH is 2. The van der Waals surface area contributed by atoms with Crippen LogP contribution in [0.2, 0.25) is 0 Å². The first kappa shape index (κ1) is 50.0. The number of hydrogen-bond acceptors (Lipinski definition) is 19. The van der Waals surface area contributed by atoms with E-state index in [0.717, 1.165) is 6.07 Å². The van der Waals surface area contributed by atoms with Crippen molar-refractivity contribution in [1.82, 2.24) is 29.9 Å². The Balaban J connectivity index is 0.00000422. The Morgan fingerprint density at radius 3 is 1.48 bits per heavy atom. The van der Waals surface area contributed by atoms with Gasteiger partial charge in [-0.2, -0.15) is 29.9 Å². The number of nitrogens with one attached hydrogen (secondary N) is 3. The smallest absolute Gasteiger partial charge is 0.744 e. The Labute approximate surface area is 402 Å². The summed E-state index contributed by atoms with van der Waals surface area (Å²) in [5.41, 5.74) is 1.69. The minimum atomic E-state index is -5.11. The molecule has 4 aromatic carbocycles. The molecule has 0 unspecified atom stereocenters. The Morgan fingerprint density at radius 1 is 0.565 bits per heavy atom. The van der Waals surface area contributed by atoms with Crippen LogP contribution in [0.25, 0.3) is 12.2 Å². The molecule has 6 rings (SSSR count). The van der Waals surface area contributed by atoms with Gasteiger partial charge < -0.3 is 45.1 Å². The van der Waals surface area contributed by atoms with Crippen molar-refractivity contribution in [2.75, 3.05) is 66.1 Å². The van der Waals surface area contributed by atoms with Crippen LogP contribution in [-0.4, -0.2) is 106 Å². The Morgan fingerprint density at radius 2 is 1.00 bits per heavy atom. The standard InChI is InChI=1S/C39H41N11O8S2.2Na/c1-49(19-21-51)38-44-34(43-35(46-38)40-29-9-5-3-6-10-29)24-26-13-14-27(32(23-26)59(53,54)55)15-16-28-17-18-31(25-33(28)60(56,57)58)42-37-45-36(41-30-11-7-4-8-12-30)47-39(48-37)50(2)20-22-52;;/h3-18,23,25,51-52H,19-22,24H2,1-2H3,(H,53,54,55)(H,56,57,58)(H,40,43,44,46)(H2,41,42,45,47,48);;/q;2*+1/p-2/b16-15+;;. The van der Waals surface area contributed by atoms with Crippen molar-refractivity contribution in [3.63, 3.8) is 0 Å². The normalized spacial score (nSPS) is 11.3. The van der Waals surface area contributed by atoms with Crippen LogP contribution >= 0.6 is 0 Å². The van der Waals surface area contributed by atoms with E-state index in [-0.39, 0.29) is 144 Å². The first-order valence-electron chi connectivity index (χ1n) is 18.1. The topological polar surface area (TPSA) is 275 Å². The van der Waals surface area contributed by atoms with Gasteiger partial charge in [-0.15, -0.1) is 0 Å². The average Bonchev–Trinajstić information content (AvgIpc) is 3.20. The largest absolute Gasteiger partial charge is 1.00 e. The maximum Gasteiger partial charge on any atom is 1.00 e. The molecule has 0 saturated carbocycles. The molecule has 2 heterocycles. The molecule has 62 heavy (non-hydrogen) atoms. The van der Waals surface area contributed by atoms with E-state index in [1.807, 2.05) is 48.5 Å². The number of aromatic nitrogens is 6. The molecule has 0 spiro atoms. The Kier molecular flexibility index (Phi) is 18.3. The summed E-state index contributed by atoms with van der Waals surface area (Å²) in [5, 5.41) is 28.0. The van der Waals surface area contributed by atoms with Gasteiger partial charge in [-0.25, -0.2) is 16.8 Å². The number of nitrogens with zero attached hydrogens (tertiary/aromatic N) is 8. The van der Waals surface area contributed by atoms with Crippen molar-refractivity contribution in [2.24, 2.45) is 0 Å². The van der Waals surface area contributed by atoms with Gasteiger partial charge in [0, 0.05) is 50.7 Å². The van der Waals surface area contributed by atoms with E-state index in [1.165, 1.54) is 36.4 Å². The van der Waals surface area contributed by atoms with E-state index in [1.54, 1.807) is 42.1 Å². The number of aliphatic hydroxyl groups is 2. The van der Waals surface area contributed by atoms with Crippen molar-refractivity contribution >= 4 is 79.2 Å².